The Bertz CT molecular complexity index is 935. The van der Waals surface area contributed by atoms with Crippen molar-refractivity contribution < 1.29 is 4.79 Å². The van der Waals surface area contributed by atoms with Crippen LogP contribution in [0, 0.1) is 20.8 Å². The van der Waals surface area contributed by atoms with Gasteiger partial charge in [0.25, 0.3) is 0 Å². The topological polar surface area (TPSA) is 46.1 Å². The number of aryl methyl sites for hydroxylation is 3. The number of aromatic nitrogens is 2. The van der Waals surface area contributed by atoms with E-state index in [1.54, 1.807) is 16.2 Å². The lowest BCUT2D eigenvalue weighted by atomic mass is 10.2. The molecule has 132 valence electrons. The van der Waals surface area contributed by atoms with Crippen molar-refractivity contribution in [2.24, 2.45) is 0 Å². The molecule has 0 aliphatic heterocycles. The molecule has 0 atom stereocenters. The second-order valence-corrected chi connectivity index (χ2v) is 9.75. The summed E-state index contributed by atoms with van der Waals surface area (Å²) in [4.78, 5) is 26.6. The molecule has 3 rings (SSSR count). The van der Waals surface area contributed by atoms with Crippen LogP contribution in [-0.2, 0) is 11.3 Å². The number of carbonyl (C=O) groups excluding carboxylic acids is 1. The largest absolute Gasteiger partial charge is 0.340 e. The highest BCUT2D eigenvalue weighted by Crippen LogP contribution is 2.35. The smallest absolute Gasteiger partial charge is 0.233 e. The third kappa shape index (κ3) is 4.16. The molecule has 0 spiro atoms. The van der Waals surface area contributed by atoms with Crippen LogP contribution < -0.4 is 0 Å². The van der Waals surface area contributed by atoms with Gasteiger partial charge in [-0.25, -0.2) is 9.97 Å². The zero-order valence-corrected chi connectivity index (χ0v) is 17.6. The molecule has 3 aromatic heterocycles. The van der Waals surface area contributed by atoms with Crippen molar-refractivity contribution in [1.29, 1.82) is 0 Å². The van der Waals surface area contributed by atoms with E-state index in [2.05, 4.69) is 23.8 Å². The molecule has 0 saturated carbocycles. The lowest BCUT2D eigenvalue weighted by Gasteiger charge is -2.16. The summed E-state index contributed by atoms with van der Waals surface area (Å²) < 4.78 is 0.743. The molecule has 0 radical (unpaired) electrons. The minimum atomic E-state index is 0.0727. The van der Waals surface area contributed by atoms with Crippen molar-refractivity contribution in [3.05, 3.63) is 37.6 Å². The van der Waals surface area contributed by atoms with Crippen LogP contribution in [0.25, 0.3) is 10.2 Å². The standard InChI is InChI=1S/C17H18ClN3OS3/c1-9-10(2)24-17-15(9)16(19-11(3)20-17)23-8-14(22)21(4)7-12-5-6-13(18)25-12/h5-6H,7-8H2,1-4H3. The monoisotopic (exact) mass is 411 g/mol. The Labute approximate surface area is 164 Å². The summed E-state index contributed by atoms with van der Waals surface area (Å²) in [5, 5.41) is 1.98. The molecule has 8 heteroatoms. The van der Waals surface area contributed by atoms with Gasteiger partial charge in [0, 0.05) is 22.2 Å². The molecule has 0 aromatic carbocycles. The maximum atomic E-state index is 12.5. The van der Waals surface area contributed by atoms with Crippen LogP contribution in [0.5, 0.6) is 0 Å². The van der Waals surface area contributed by atoms with Crippen molar-refractivity contribution in [2.75, 3.05) is 12.8 Å². The Morgan fingerprint density at radius 1 is 1.24 bits per heavy atom. The van der Waals surface area contributed by atoms with Crippen molar-refractivity contribution in [3.8, 4) is 0 Å². The molecule has 0 unspecified atom stereocenters. The van der Waals surface area contributed by atoms with Gasteiger partial charge >= 0.3 is 0 Å². The first-order chi connectivity index (χ1) is 11.8. The molecule has 0 saturated heterocycles. The highest BCUT2D eigenvalue weighted by molar-refractivity contribution is 8.00. The number of nitrogens with zero attached hydrogens (tertiary/aromatic N) is 3. The van der Waals surface area contributed by atoms with E-state index in [4.69, 9.17) is 11.6 Å². The maximum absolute atomic E-state index is 12.5. The summed E-state index contributed by atoms with van der Waals surface area (Å²) in [6.07, 6.45) is 0. The first kappa shape index (κ1) is 18.6. The van der Waals surface area contributed by atoms with E-state index in [9.17, 15) is 4.79 Å². The van der Waals surface area contributed by atoms with Crippen molar-refractivity contribution in [2.45, 2.75) is 32.3 Å². The second kappa shape index (κ2) is 7.61. The van der Waals surface area contributed by atoms with E-state index < -0.39 is 0 Å². The molecule has 4 nitrogen and oxygen atoms in total. The van der Waals surface area contributed by atoms with E-state index in [0.29, 0.717) is 12.3 Å². The van der Waals surface area contributed by atoms with Gasteiger partial charge in [-0.2, -0.15) is 0 Å². The van der Waals surface area contributed by atoms with Gasteiger partial charge in [0.1, 0.15) is 15.7 Å². The second-order valence-electron chi connectivity index (χ2n) is 5.78. The quantitative estimate of drug-likeness (QED) is 0.433. The Balaban J connectivity index is 1.72. The Morgan fingerprint density at radius 3 is 2.68 bits per heavy atom. The molecule has 1 amide bonds. The normalized spacial score (nSPS) is 11.2. The molecule has 0 N–H and O–H groups in total. The minimum Gasteiger partial charge on any atom is -0.340 e. The number of fused-ring (bicyclic) bond motifs is 1. The molecule has 0 fully saturated rings. The van der Waals surface area contributed by atoms with E-state index in [0.717, 1.165) is 30.3 Å². The average Bonchev–Trinajstić information content (AvgIpc) is 3.08. The van der Waals surface area contributed by atoms with E-state index in [-0.39, 0.29) is 5.91 Å². The first-order valence-corrected chi connectivity index (χ1v) is 10.7. The maximum Gasteiger partial charge on any atom is 0.233 e. The fraction of sp³-hybridized carbons (Fsp3) is 0.353. The highest BCUT2D eigenvalue weighted by atomic mass is 35.5. The van der Waals surface area contributed by atoms with Crippen LogP contribution in [-0.4, -0.2) is 33.6 Å². The highest BCUT2D eigenvalue weighted by Gasteiger charge is 2.17. The fourth-order valence-corrected chi connectivity index (χ4v) is 5.77. The van der Waals surface area contributed by atoms with Crippen molar-refractivity contribution in [3.63, 3.8) is 0 Å². The van der Waals surface area contributed by atoms with Crippen LogP contribution >= 0.6 is 46.0 Å². The number of halogens is 1. The van der Waals surface area contributed by atoms with Crippen LogP contribution in [0.15, 0.2) is 17.2 Å². The van der Waals surface area contributed by atoms with Crippen molar-refractivity contribution >= 4 is 62.2 Å². The summed E-state index contributed by atoms with van der Waals surface area (Å²) in [6, 6.07) is 3.81. The van der Waals surface area contributed by atoms with Gasteiger partial charge in [-0.1, -0.05) is 23.4 Å². The molecule has 3 aromatic rings. The third-order valence-electron chi connectivity index (χ3n) is 3.89. The van der Waals surface area contributed by atoms with Gasteiger partial charge < -0.3 is 4.90 Å². The number of thiophene rings is 2. The molecule has 3 heterocycles. The first-order valence-electron chi connectivity index (χ1n) is 7.70. The molecule has 0 aliphatic rings. The summed E-state index contributed by atoms with van der Waals surface area (Å²) in [6.45, 7) is 6.65. The number of hydrogen-bond donors (Lipinski definition) is 0. The Hall–Kier alpha value is -1.15. The number of thioether (sulfide) groups is 1. The summed E-state index contributed by atoms with van der Waals surface area (Å²) >= 11 is 10.6. The number of hydrogen-bond acceptors (Lipinski definition) is 6. The van der Waals surface area contributed by atoms with E-state index in [1.807, 2.05) is 26.1 Å². The number of carbonyl (C=O) groups is 1. The fourth-order valence-electron chi connectivity index (χ4n) is 2.42. The Kier molecular flexibility index (Phi) is 5.68. The number of amides is 1. The third-order valence-corrected chi connectivity index (χ3v) is 7.16. The van der Waals surface area contributed by atoms with Gasteiger partial charge in [-0.3, -0.25) is 4.79 Å². The van der Waals surface area contributed by atoms with Crippen molar-refractivity contribution in [1.82, 2.24) is 14.9 Å². The molecular formula is C17H18ClN3OS3. The van der Waals surface area contributed by atoms with Crippen LogP contribution in [0.1, 0.15) is 21.1 Å². The molecular weight excluding hydrogens is 394 g/mol. The van der Waals surface area contributed by atoms with E-state index >= 15 is 0 Å². The summed E-state index contributed by atoms with van der Waals surface area (Å²) in [5.41, 5.74) is 1.21. The van der Waals surface area contributed by atoms with Gasteiger partial charge in [-0.05, 0) is 38.5 Å². The summed E-state index contributed by atoms with van der Waals surface area (Å²) in [5.74, 6) is 1.17. The molecule has 25 heavy (non-hydrogen) atoms. The van der Waals surface area contributed by atoms with Gasteiger partial charge in [0.15, 0.2) is 0 Å². The van der Waals surface area contributed by atoms with Gasteiger partial charge in [0.2, 0.25) is 5.91 Å². The summed E-state index contributed by atoms with van der Waals surface area (Å²) in [7, 11) is 1.82. The van der Waals surface area contributed by atoms with E-state index in [1.165, 1.54) is 33.5 Å². The van der Waals surface area contributed by atoms with Crippen LogP contribution in [0.3, 0.4) is 0 Å². The van der Waals surface area contributed by atoms with Gasteiger partial charge in [0.05, 0.1) is 16.6 Å². The SMILES string of the molecule is Cc1nc(SCC(=O)N(C)Cc2ccc(Cl)s2)c2c(C)c(C)sc2n1. The molecule has 0 bridgehead atoms. The number of rotatable bonds is 5. The molecule has 0 aliphatic carbocycles. The lowest BCUT2D eigenvalue weighted by molar-refractivity contribution is -0.127. The minimum absolute atomic E-state index is 0.0727. The predicted molar refractivity (Wildman–Crippen MR) is 108 cm³/mol. The predicted octanol–water partition coefficient (Wildman–Crippen LogP) is 5.08. The van der Waals surface area contributed by atoms with Crippen LogP contribution in [0.4, 0.5) is 0 Å². The van der Waals surface area contributed by atoms with Gasteiger partial charge in [-0.15, -0.1) is 22.7 Å². The zero-order valence-electron chi connectivity index (χ0n) is 14.4. The average molecular weight is 412 g/mol. The van der Waals surface area contributed by atoms with Crippen LogP contribution in [0.2, 0.25) is 4.34 Å². The lowest BCUT2D eigenvalue weighted by Crippen LogP contribution is -2.27. The zero-order chi connectivity index (χ0) is 18.1. The Morgan fingerprint density at radius 2 is 2.00 bits per heavy atom.